The maximum Gasteiger partial charge on any atom is 0.224 e. The van der Waals surface area contributed by atoms with Crippen LogP contribution in [0.4, 0.5) is 5.69 Å². The van der Waals surface area contributed by atoms with Crippen LogP contribution in [0.2, 0.25) is 5.02 Å². The number of aliphatic imine (C=N–C) groups is 1. The summed E-state index contributed by atoms with van der Waals surface area (Å²) in [5.74, 6) is 6.77. The lowest BCUT2D eigenvalue weighted by Gasteiger charge is -2.13. The molecule has 2 aromatic carbocycles. The summed E-state index contributed by atoms with van der Waals surface area (Å²) in [7, 11) is 0. The van der Waals surface area contributed by atoms with Gasteiger partial charge in [-0.2, -0.15) is 0 Å². The van der Waals surface area contributed by atoms with Crippen molar-refractivity contribution in [2.24, 2.45) is 10.7 Å². The molecule has 5 rings (SSSR count). The van der Waals surface area contributed by atoms with Crippen LogP contribution in [0.1, 0.15) is 69.6 Å². The van der Waals surface area contributed by atoms with Crippen molar-refractivity contribution in [3.63, 3.8) is 0 Å². The smallest absolute Gasteiger partial charge is 0.224 e. The van der Waals surface area contributed by atoms with E-state index in [0.717, 1.165) is 44.4 Å². The van der Waals surface area contributed by atoms with Crippen LogP contribution in [0.15, 0.2) is 47.5 Å². The van der Waals surface area contributed by atoms with Gasteiger partial charge >= 0.3 is 0 Å². The van der Waals surface area contributed by atoms with E-state index in [0.29, 0.717) is 35.9 Å². The first-order valence-corrected chi connectivity index (χ1v) is 16.2. The van der Waals surface area contributed by atoms with Crippen molar-refractivity contribution >= 4 is 46.2 Å². The van der Waals surface area contributed by atoms with E-state index in [1.54, 1.807) is 23.5 Å². The Bertz CT molecular complexity index is 1850. The summed E-state index contributed by atoms with van der Waals surface area (Å²) in [5, 5.41) is 25.6. The van der Waals surface area contributed by atoms with Crippen LogP contribution in [0.25, 0.3) is 5.00 Å². The molecule has 3 heterocycles. The average molecular weight is 658 g/mol. The Balaban J connectivity index is 1.25. The van der Waals surface area contributed by atoms with Gasteiger partial charge in [0, 0.05) is 51.8 Å². The van der Waals surface area contributed by atoms with Crippen molar-refractivity contribution in [1.29, 1.82) is 0 Å². The fourth-order valence-electron chi connectivity index (χ4n) is 5.34. The summed E-state index contributed by atoms with van der Waals surface area (Å²) in [5.41, 5.74) is 11.5. The standard InChI is InChI=1S/C34H36ClN7O3S/c1-20-21(2)46-34-31(20)32(24-8-11-26(35)12-9-24)39-28(33-41-40-22(3)42(33)34)19-30(45)37-16-5-7-29(44)38-27-13-10-23(14-17-43)25(18-27)6-4-15-36/h8-13,18,28,43H,5,7,14-17,19,36H2,1-3H3,(H,37,45)(H,38,44)/t28-/m0/s1. The number of nitrogens with two attached hydrogens (primary N) is 1. The molecule has 0 radical (unpaired) electrons. The number of nitrogens with one attached hydrogen (secondary N) is 2. The topological polar surface area (TPSA) is 148 Å². The van der Waals surface area contributed by atoms with Gasteiger partial charge in [0.1, 0.15) is 16.9 Å². The quantitative estimate of drug-likeness (QED) is 0.145. The number of benzene rings is 2. The van der Waals surface area contributed by atoms with E-state index in [2.05, 4.69) is 46.5 Å². The largest absolute Gasteiger partial charge is 0.396 e. The molecule has 0 saturated carbocycles. The van der Waals surface area contributed by atoms with Crippen LogP contribution in [-0.4, -0.2) is 57.1 Å². The van der Waals surface area contributed by atoms with E-state index in [1.807, 2.05) is 41.8 Å². The number of carbonyl (C=O) groups is 2. The third-order valence-corrected chi connectivity index (χ3v) is 9.18. The number of fused-ring (bicyclic) bond motifs is 3. The molecule has 0 saturated heterocycles. The predicted octanol–water partition coefficient (Wildman–Crippen LogP) is 4.57. The second-order valence-electron chi connectivity index (χ2n) is 11.0. The molecular weight excluding hydrogens is 622 g/mol. The Morgan fingerprint density at radius 2 is 1.89 bits per heavy atom. The molecule has 0 aliphatic carbocycles. The van der Waals surface area contributed by atoms with Crippen LogP contribution in [0, 0.1) is 32.6 Å². The summed E-state index contributed by atoms with van der Waals surface area (Å²) < 4.78 is 2.01. The molecule has 0 fully saturated rings. The Labute approximate surface area is 277 Å². The van der Waals surface area contributed by atoms with Gasteiger partial charge in [0.15, 0.2) is 5.82 Å². The van der Waals surface area contributed by atoms with Crippen molar-refractivity contribution in [3.05, 3.63) is 91.8 Å². The van der Waals surface area contributed by atoms with E-state index in [4.69, 9.17) is 22.3 Å². The number of anilines is 1. The van der Waals surface area contributed by atoms with Crippen molar-refractivity contribution in [3.8, 4) is 16.8 Å². The number of aliphatic hydroxyl groups is 1. The zero-order chi connectivity index (χ0) is 32.8. The summed E-state index contributed by atoms with van der Waals surface area (Å²) in [6, 6.07) is 12.4. The lowest BCUT2D eigenvalue weighted by Crippen LogP contribution is -2.27. The number of thiophene rings is 1. The minimum atomic E-state index is -0.570. The zero-order valence-corrected chi connectivity index (χ0v) is 27.6. The van der Waals surface area contributed by atoms with Gasteiger partial charge in [-0.05, 0) is 69.0 Å². The first-order valence-electron chi connectivity index (χ1n) is 15.1. The van der Waals surface area contributed by atoms with Gasteiger partial charge in [0.2, 0.25) is 11.8 Å². The SMILES string of the molecule is Cc1sc2c(c1C)C(c1ccc(Cl)cc1)=N[C@@H](CC(=O)NCCCC(=O)Nc1ccc(CCO)c(C#CCN)c1)c1nnc(C)n1-2. The minimum absolute atomic E-state index is 0.000128. The highest BCUT2D eigenvalue weighted by atomic mass is 35.5. The van der Waals surface area contributed by atoms with E-state index < -0.39 is 6.04 Å². The third-order valence-electron chi connectivity index (χ3n) is 7.74. The van der Waals surface area contributed by atoms with Crippen molar-refractivity contribution in [2.75, 3.05) is 25.0 Å². The first kappa shape index (κ1) is 33.0. The zero-order valence-electron chi connectivity index (χ0n) is 26.0. The van der Waals surface area contributed by atoms with Crippen molar-refractivity contribution in [2.45, 2.75) is 52.5 Å². The lowest BCUT2D eigenvalue weighted by molar-refractivity contribution is -0.122. The normalized spacial score (nSPS) is 13.5. The molecular formula is C34H36ClN7O3S. The van der Waals surface area contributed by atoms with E-state index >= 15 is 0 Å². The fourth-order valence-corrected chi connectivity index (χ4v) is 6.68. The van der Waals surface area contributed by atoms with E-state index in [9.17, 15) is 14.7 Å². The lowest BCUT2D eigenvalue weighted by atomic mass is 9.99. The highest BCUT2D eigenvalue weighted by Gasteiger charge is 2.32. The highest BCUT2D eigenvalue weighted by Crippen LogP contribution is 2.39. The van der Waals surface area contributed by atoms with Gasteiger partial charge in [-0.25, -0.2) is 0 Å². The molecule has 238 valence electrons. The molecule has 1 aliphatic rings. The van der Waals surface area contributed by atoms with E-state index in [1.165, 1.54) is 4.88 Å². The fraction of sp³-hybridized carbons (Fsp3) is 0.324. The molecule has 2 amide bonds. The van der Waals surface area contributed by atoms with Gasteiger partial charge < -0.3 is 21.5 Å². The summed E-state index contributed by atoms with van der Waals surface area (Å²) >= 11 is 7.85. The highest BCUT2D eigenvalue weighted by molar-refractivity contribution is 7.15. The molecule has 12 heteroatoms. The Morgan fingerprint density at radius 3 is 2.63 bits per heavy atom. The number of nitrogens with zero attached hydrogens (tertiary/aromatic N) is 4. The van der Waals surface area contributed by atoms with Crippen LogP contribution in [0.5, 0.6) is 0 Å². The molecule has 4 aromatic rings. The summed E-state index contributed by atoms with van der Waals surface area (Å²) in [4.78, 5) is 32.2. The molecule has 1 aliphatic heterocycles. The van der Waals surface area contributed by atoms with Crippen LogP contribution >= 0.6 is 22.9 Å². The molecule has 0 spiro atoms. The number of rotatable bonds is 10. The number of amides is 2. The number of hydrogen-bond donors (Lipinski definition) is 4. The Kier molecular flexibility index (Phi) is 10.7. The molecule has 46 heavy (non-hydrogen) atoms. The summed E-state index contributed by atoms with van der Waals surface area (Å²) in [6.07, 6.45) is 1.20. The maximum atomic E-state index is 13.2. The van der Waals surface area contributed by atoms with Crippen LogP contribution < -0.4 is 16.4 Å². The first-order chi connectivity index (χ1) is 22.2. The molecule has 1 atom stereocenters. The van der Waals surface area contributed by atoms with Crippen molar-refractivity contribution < 1.29 is 14.7 Å². The number of aryl methyl sites for hydroxylation is 2. The van der Waals surface area contributed by atoms with E-state index in [-0.39, 0.29) is 37.8 Å². The molecule has 0 bridgehead atoms. The van der Waals surface area contributed by atoms with Crippen LogP contribution in [0.3, 0.4) is 0 Å². The molecule has 5 N–H and O–H groups in total. The van der Waals surface area contributed by atoms with Gasteiger partial charge in [-0.15, -0.1) is 21.5 Å². The third kappa shape index (κ3) is 7.37. The predicted molar refractivity (Wildman–Crippen MR) is 182 cm³/mol. The molecule has 10 nitrogen and oxygen atoms in total. The monoisotopic (exact) mass is 657 g/mol. The average Bonchev–Trinajstić information content (AvgIpc) is 3.51. The number of carbonyl (C=O) groups excluding carboxylic acids is 2. The number of hydrogen-bond acceptors (Lipinski definition) is 8. The second kappa shape index (κ2) is 14.8. The number of aromatic nitrogens is 3. The van der Waals surface area contributed by atoms with Crippen LogP contribution in [-0.2, 0) is 16.0 Å². The minimum Gasteiger partial charge on any atom is -0.396 e. The van der Waals surface area contributed by atoms with Gasteiger partial charge in [0.05, 0.1) is 18.7 Å². The Hall–Kier alpha value is -4.34. The Morgan fingerprint density at radius 1 is 1.11 bits per heavy atom. The molecule has 0 unspecified atom stereocenters. The number of aliphatic hydroxyl groups excluding tert-OH is 1. The molecule has 2 aromatic heterocycles. The van der Waals surface area contributed by atoms with Crippen molar-refractivity contribution in [1.82, 2.24) is 20.1 Å². The summed E-state index contributed by atoms with van der Waals surface area (Å²) in [6.45, 7) is 6.61. The maximum absolute atomic E-state index is 13.2. The van der Waals surface area contributed by atoms with Gasteiger partial charge in [-0.3, -0.25) is 19.1 Å². The second-order valence-corrected chi connectivity index (χ2v) is 12.6. The van der Waals surface area contributed by atoms with Gasteiger partial charge in [-0.1, -0.05) is 41.6 Å². The van der Waals surface area contributed by atoms with Gasteiger partial charge in [0.25, 0.3) is 0 Å². The number of halogens is 1.